The quantitative estimate of drug-likeness (QED) is 0.120. The highest BCUT2D eigenvalue weighted by Gasteiger charge is 2.15. The Morgan fingerprint density at radius 1 is 0.568 bits per heavy atom. The second-order valence-corrected chi connectivity index (χ2v) is 10.3. The van der Waals surface area contributed by atoms with E-state index in [0.29, 0.717) is 13.1 Å². The van der Waals surface area contributed by atoms with Gasteiger partial charge in [-0.25, -0.2) is 0 Å². The molecule has 12 heteroatoms. The van der Waals surface area contributed by atoms with Gasteiger partial charge in [0, 0.05) is 26.2 Å². The predicted octanol–water partition coefficient (Wildman–Crippen LogP) is 1.29. The van der Waals surface area contributed by atoms with E-state index in [2.05, 4.69) is 10.6 Å². The van der Waals surface area contributed by atoms with Gasteiger partial charge in [0.2, 0.25) is 11.8 Å². The number of benzene rings is 2. The predicted molar refractivity (Wildman–Crippen MR) is 165 cm³/mol. The second kappa shape index (κ2) is 22.7. The zero-order valence-corrected chi connectivity index (χ0v) is 25.3. The van der Waals surface area contributed by atoms with Crippen LogP contribution >= 0.6 is 0 Å². The Labute approximate surface area is 259 Å². The number of aliphatic carboxylic acids is 2. The number of nitrogens with zero attached hydrogens (tertiary/aromatic N) is 2. The molecule has 242 valence electrons. The summed E-state index contributed by atoms with van der Waals surface area (Å²) >= 11 is 0. The monoisotopic (exact) mass is 614 g/mol. The molecule has 0 fully saturated rings. The number of carbonyl (C=O) groups is 4. The maximum atomic E-state index is 12.3. The minimum Gasteiger partial charge on any atom is -0.480 e. The van der Waals surface area contributed by atoms with Crippen LogP contribution in [0.1, 0.15) is 24.0 Å². The lowest BCUT2D eigenvalue weighted by molar-refractivity contribution is -0.140. The molecule has 0 atom stereocenters. The minimum atomic E-state index is -1.03. The van der Waals surface area contributed by atoms with Gasteiger partial charge < -0.3 is 30.3 Å². The molecular formula is C32H46N4O8. The first-order valence-electron chi connectivity index (χ1n) is 15.0. The van der Waals surface area contributed by atoms with E-state index in [0.717, 1.165) is 25.7 Å². The van der Waals surface area contributed by atoms with Crippen LogP contribution in [0.2, 0.25) is 0 Å². The van der Waals surface area contributed by atoms with Crippen molar-refractivity contribution in [3.05, 3.63) is 71.8 Å². The lowest BCUT2D eigenvalue weighted by Crippen LogP contribution is -2.42. The first kappa shape index (κ1) is 36.4. The smallest absolute Gasteiger partial charge is 0.317 e. The van der Waals surface area contributed by atoms with E-state index < -0.39 is 11.9 Å². The molecule has 0 heterocycles. The van der Waals surface area contributed by atoms with Gasteiger partial charge in [-0.2, -0.15) is 0 Å². The molecule has 0 aliphatic heterocycles. The standard InChI is InChI=1S/C32H46N4O8/c37-29(33-15-7-13-27-9-3-1-4-10-27)23-35(25-31(39)40)17-19-43-21-22-44-20-18-36(26-32(41)42)24-30(38)34-16-8-14-28-11-5-2-6-12-28/h1-6,9-12H,7-8,13-26H2,(H,33,37)(H,34,38)(H,39,40)(H,41,42). The minimum absolute atomic E-state index is 0.0441. The van der Waals surface area contributed by atoms with Crippen molar-refractivity contribution in [2.45, 2.75) is 25.7 Å². The number of amides is 2. The molecule has 2 amide bonds. The topological polar surface area (TPSA) is 158 Å². The van der Waals surface area contributed by atoms with Crippen LogP contribution < -0.4 is 10.6 Å². The fourth-order valence-corrected chi connectivity index (χ4v) is 4.37. The summed E-state index contributed by atoms with van der Waals surface area (Å²) in [5.41, 5.74) is 2.39. The molecule has 4 N–H and O–H groups in total. The van der Waals surface area contributed by atoms with Gasteiger partial charge in [-0.3, -0.25) is 29.0 Å². The average Bonchev–Trinajstić information content (AvgIpc) is 2.99. The normalized spacial score (nSPS) is 11.0. The van der Waals surface area contributed by atoms with Crippen LogP contribution in [0.15, 0.2) is 60.7 Å². The lowest BCUT2D eigenvalue weighted by atomic mass is 10.1. The molecule has 0 saturated heterocycles. The van der Waals surface area contributed by atoms with Crippen molar-refractivity contribution in [3.63, 3.8) is 0 Å². The summed E-state index contributed by atoms with van der Waals surface area (Å²) in [4.78, 5) is 50.0. The fraction of sp³-hybridized carbons (Fsp3) is 0.500. The SMILES string of the molecule is O=C(O)CN(CCOCCOCCN(CC(=O)O)CC(=O)NCCCc1ccccc1)CC(=O)NCCCc1ccccc1. The van der Waals surface area contributed by atoms with Crippen molar-refractivity contribution in [2.24, 2.45) is 0 Å². The van der Waals surface area contributed by atoms with Gasteiger partial charge >= 0.3 is 11.9 Å². The van der Waals surface area contributed by atoms with E-state index >= 15 is 0 Å². The first-order valence-corrected chi connectivity index (χ1v) is 15.0. The maximum Gasteiger partial charge on any atom is 0.317 e. The Morgan fingerprint density at radius 3 is 1.32 bits per heavy atom. The number of hydrogen-bond acceptors (Lipinski definition) is 8. The molecule has 2 rings (SSSR count). The van der Waals surface area contributed by atoms with Crippen molar-refractivity contribution in [1.82, 2.24) is 20.4 Å². The molecule has 0 saturated carbocycles. The van der Waals surface area contributed by atoms with E-state index in [9.17, 15) is 29.4 Å². The van der Waals surface area contributed by atoms with Gasteiger partial charge in [0.15, 0.2) is 0 Å². The molecular weight excluding hydrogens is 568 g/mol. The molecule has 2 aromatic rings. The van der Waals surface area contributed by atoms with Crippen LogP contribution in [-0.2, 0) is 41.5 Å². The number of rotatable bonds is 25. The molecule has 0 bridgehead atoms. The molecule has 0 aliphatic rings. The summed E-state index contributed by atoms with van der Waals surface area (Å²) in [6.07, 6.45) is 3.26. The van der Waals surface area contributed by atoms with E-state index in [4.69, 9.17) is 9.47 Å². The van der Waals surface area contributed by atoms with Crippen molar-refractivity contribution in [3.8, 4) is 0 Å². The third kappa shape index (κ3) is 18.6. The molecule has 0 radical (unpaired) electrons. The van der Waals surface area contributed by atoms with E-state index in [1.54, 1.807) is 0 Å². The highest BCUT2D eigenvalue weighted by atomic mass is 16.5. The van der Waals surface area contributed by atoms with Crippen molar-refractivity contribution in [2.75, 3.05) is 78.8 Å². The third-order valence-corrected chi connectivity index (χ3v) is 6.54. The number of aryl methyl sites for hydroxylation is 2. The van der Waals surface area contributed by atoms with Crippen molar-refractivity contribution >= 4 is 23.8 Å². The zero-order valence-electron chi connectivity index (χ0n) is 25.3. The Bertz CT molecular complexity index is 1020. The summed E-state index contributed by atoms with van der Waals surface area (Å²) in [6, 6.07) is 19.9. The molecule has 2 aromatic carbocycles. The fourth-order valence-electron chi connectivity index (χ4n) is 4.37. The van der Waals surface area contributed by atoms with E-state index in [1.165, 1.54) is 20.9 Å². The van der Waals surface area contributed by atoms with Crippen LogP contribution in [0.5, 0.6) is 0 Å². The van der Waals surface area contributed by atoms with Crippen LogP contribution in [0.4, 0.5) is 0 Å². The lowest BCUT2D eigenvalue weighted by Gasteiger charge is -2.20. The number of nitrogens with one attached hydrogen (secondary N) is 2. The van der Waals surface area contributed by atoms with Gasteiger partial charge in [-0.1, -0.05) is 60.7 Å². The van der Waals surface area contributed by atoms with Gasteiger partial charge in [0.25, 0.3) is 0 Å². The second-order valence-electron chi connectivity index (χ2n) is 10.3. The highest BCUT2D eigenvalue weighted by molar-refractivity contribution is 5.79. The molecule has 0 spiro atoms. The molecule has 44 heavy (non-hydrogen) atoms. The van der Waals surface area contributed by atoms with Crippen LogP contribution in [0.3, 0.4) is 0 Å². The zero-order chi connectivity index (χ0) is 31.8. The number of carbonyl (C=O) groups excluding carboxylic acids is 2. The highest BCUT2D eigenvalue weighted by Crippen LogP contribution is 2.02. The van der Waals surface area contributed by atoms with Gasteiger partial charge in [-0.15, -0.1) is 0 Å². The Kier molecular flexibility index (Phi) is 18.7. The summed E-state index contributed by atoms with van der Waals surface area (Å²) in [5, 5.41) is 24.0. The van der Waals surface area contributed by atoms with E-state index in [1.807, 2.05) is 60.7 Å². The molecule has 12 nitrogen and oxygen atoms in total. The Morgan fingerprint density at radius 2 is 0.955 bits per heavy atom. The van der Waals surface area contributed by atoms with Gasteiger partial charge in [-0.05, 0) is 36.8 Å². The average molecular weight is 615 g/mol. The Balaban J connectivity index is 1.55. The summed E-state index contributed by atoms with van der Waals surface area (Å²) in [5.74, 6) is -2.54. The number of hydrogen-bond donors (Lipinski definition) is 4. The van der Waals surface area contributed by atoms with Crippen LogP contribution in [0.25, 0.3) is 0 Å². The number of carboxylic acids is 2. The van der Waals surface area contributed by atoms with Crippen LogP contribution in [0, 0.1) is 0 Å². The van der Waals surface area contributed by atoms with E-state index in [-0.39, 0.29) is 77.5 Å². The maximum absolute atomic E-state index is 12.3. The molecule has 0 aromatic heterocycles. The number of ether oxygens (including phenoxy) is 2. The summed E-state index contributed by atoms with van der Waals surface area (Å²) < 4.78 is 11.1. The van der Waals surface area contributed by atoms with Gasteiger partial charge in [0.05, 0.1) is 52.6 Å². The van der Waals surface area contributed by atoms with Crippen molar-refractivity contribution in [1.29, 1.82) is 0 Å². The largest absolute Gasteiger partial charge is 0.480 e. The van der Waals surface area contributed by atoms with Gasteiger partial charge in [0.1, 0.15) is 0 Å². The Hall–Kier alpha value is -3.84. The summed E-state index contributed by atoms with van der Waals surface area (Å²) in [7, 11) is 0. The number of carboxylic acid groups (broad SMARTS) is 2. The summed E-state index contributed by atoms with van der Waals surface area (Å²) in [6.45, 7) is 1.80. The third-order valence-electron chi connectivity index (χ3n) is 6.54. The molecule has 0 aliphatic carbocycles. The van der Waals surface area contributed by atoms with Crippen molar-refractivity contribution < 1.29 is 38.9 Å². The van der Waals surface area contributed by atoms with Crippen LogP contribution in [-0.4, -0.2) is 123 Å². The first-order chi connectivity index (χ1) is 21.3. The molecule has 0 unspecified atom stereocenters.